The minimum Gasteiger partial charge on any atom is -0.469 e. The molecule has 0 fully saturated rings. The van der Waals surface area contributed by atoms with Gasteiger partial charge in [0, 0.05) is 0 Å². The van der Waals surface area contributed by atoms with Crippen LogP contribution >= 0.6 is 0 Å². The second-order valence-electron chi connectivity index (χ2n) is 6.32. The summed E-state index contributed by atoms with van der Waals surface area (Å²) in [7, 11) is 3.31. The zero-order chi connectivity index (χ0) is 16.3. The number of allylic oxidation sites excluding steroid dienone is 1. The van der Waals surface area contributed by atoms with Crippen LogP contribution in [-0.4, -0.2) is 14.2 Å². The molecule has 0 heterocycles. The Morgan fingerprint density at radius 2 is 0.955 bits per heavy atom. The van der Waals surface area contributed by atoms with Gasteiger partial charge >= 0.3 is 0 Å². The van der Waals surface area contributed by atoms with E-state index in [1.807, 2.05) is 6.08 Å². The Labute approximate surface area is 139 Å². The van der Waals surface area contributed by atoms with Crippen LogP contribution < -0.4 is 0 Å². The zero-order valence-corrected chi connectivity index (χ0v) is 15.5. The number of rotatable bonds is 17. The lowest BCUT2D eigenvalue weighted by Crippen LogP contribution is -1.89. The topological polar surface area (TPSA) is 18.5 Å². The van der Waals surface area contributed by atoms with Crippen LogP contribution in [0.4, 0.5) is 0 Å². The molecule has 22 heavy (non-hydrogen) atoms. The third-order valence-corrected chi connectivity index (χ3v) is 4.27. The van der Waals surface area contributed by atoms with Crippen molar-refractivity contribution in [2.75, 3.05) is 14.2 Å². The quantitative estimate of drug-likeness (QED) is 0.213. The van der Waals surface area contributed by atoms with E-state index in [9.17, 15) is 0 Å². The van der Waals surface area contributed by atoms with Crippen molar-refractivity contribution in [3.05, 3.63) is 12.0 Å². The highest BCUT2D eigenvalue weighted by molar-refractivity contribution is 4.82. The minimum absolute atomic E-state index is 0.648. The van der Waals surface area contributed by atoms with E-state index in [1.165, 1.54) is 89.9 Å². The molecule has 0 unspecified atom stereocenters. The maximum atomic E-state index is 5.06. The van der Waals surface area contributed by atoms with E-state index in [0.29, 0.717) is 5.95 Å². The largest absolute Gasteiger partial charge is 0.469 e. The van der Waals surface area contributed by atoms with E-state index < -0.39 is 0 Å². The number of hydrogen-bond donors (Lipinski definition) is 0. The van der Waals surface area contributed by atoms with E-state index in [1.54, 1.807) is 14.2 Å². The highest BCUT2D eigenvalue weighted by atomic mass is 16.7. The summed E-state index contributed by atoms with van der Waals surface area (Å²) in [5.41, 5.74) is 0. The molecule has 2 nitrogen and oxygen atoms in total. The van der Waals surface area contributed by atoms with Gasteiger partial charge in [-0.2, -0.15) is 0 Å². The maximum Gasteiger partial charge on any atom is 0.274 e. The summed E-state index contributed by atoms with van der Waals surface area (Å²) in [6.45, 7) is 2.28. The lowest BCUT2D eigenvalue weighted by molar-refractivity contribution is 0.0938. The molecule has 0 saturated carbocycles. The number of hydrogen-bond acceptors (Lipinski definition) is 2. The average molecular weight is 313 g/mol. The summed E-state index contributed by atoms with van der Waals surface area (Å²) in [5, 5.41) is 0. The minimum atomic E-state index is 0.648. The van der Waals surface area contributed by atoms with E-state index in [-0.39, 0.29) is 0 Å². The molecule has 0 aliphatic carbocycles. The van der Waals surface area contributed by atoms with Crippen LogP contribution in [0, 0.1) is 0 Å². The molecule has 0 aromatic carbocycles. The first-order chi connectivity index (χ1) is 10.8. The zero-order valence-electron chi connectivity index (χ0n) is 15.5. The molecule has 0 aliphatic heterocycles. The summed E-state index contributed by atoms with van der Waals surface area (Å²) in [5.74, 6) is 0.648. The molecule has 0 saturated heterocycles. The van der Waals surface area contributed by atoms with Gasteiger partial charge in [-0.1, -0.05) is 90.4 Å². The van der Waals surface area contributed by atoms with Crippen molar-refractivity contribution in [3.8, 4) is 0 Å². The lowest BCUT2D eigenvalue weighted by Gasteiger charge is -2.04. The fraction of sp³-hybridized carbons (Fsp3) is 0.900. The fourth-order valence-corrected chi connectivity index (χ4v) is 2.81. The van der Waals surface area contributed by atoms with Crippen molar-refractivity contribution in [2.24, 2.45) is 0 Å². The third kappa shape index (κ3) is 15.7. The molecule has 0 bridgehead atoms. The Kier molecular flexibility index (Phi) is 17.8. The van der Waals surface area contributed by atoms with Gasteiger partial charge in [0.1, 0.15) is 0 Å². The Bertz CT molecular complexity index is 230. The van der Waals surface area contributed by atoms with Crippen LogP contribution in [-0.2, 0) is 9.47 Å². The van der Waals surface area contributed by atoms with Gasteiger partial charge in [-0.25, -0.2) is 0 Å². The van der Waals surface area contributed by atoms with Crippen molar-refractivity contribution in [2.45, 2.75) is 103 Å². The van der Waals surface area contributed by atoms with Gasteiger partial charge in [0.15, 0.2) is 0 Å². The summed E-state index contributed by atoms with van der Waals surface area (Å²) in [6.07, 6.45) is 22.8. The van der Waals surface area contributed by atoms with Crippen molar-refractivity contribution >= 4 is 0 Å². The molecule has 0 aromatic rings. The summed E-state index contributed by atoms with van der Waals surface area (Å²) in [4.78, 5) is 0. The maximum absolute atomic E-state index is 5.06. The molecule has 0 aliphatic rings. The van der Waals surface area contributed by atoms with Crippen LogP contribution in [0.2, 0.25) is 0 Å². The smallest absolute Gasteiger partial charge is 0.274 e. The molecule has 132 valence electrons. The van der Waals surface area contributed by atoms with Gasteiger partial charge in [-0.15, -0.1) is 0 Å². The predicted molar refractivity (Wildman–Crippen MR) is 97.0 cm³/mol. The second-order valence-corrected chi connectivity index (χ2v) is 6.32. The molecular formula is C20H40O2. The fourth-order valence-electron chi connectivity index (χ4n) is 2.81. The lowest BCUT2D eigenvalue weighted by atomic mass is 10.0. The molecular weight excluding hydrogens is 272 g/mol. The van der Waals surface area contributed by atoms with Crippen molar-refractivity contribution in [3.63, 3.8) is 0 Å². The van der Waals surface area contributed by atoms with Crippen molar-refractivity contribution < 1.29 is 9.47 Å². The Morgan fingerprint density at radius 3 is 1.32 bits per heavy atom. The first kappa shape index (κ1) is 21.3. The molecule has 0 spiro atoms. The highest BCUT2D eigenvalue weighted by Crippen LogP contribution is 2.13. The van der Waals surface area contributed by atoms with E-state index in [2.05, 4.69) is 6.92 Å². The van der Waals surface area contributed by atoms with E-state index >= 15 is 0 Å². The number of methoxy groups -OCH3 is 2. The molecule has 0 radical (unpaired) electrons. The van der Waals surface area contributed by atoms with Crippen molar-refractivity contribution in [1.82, 2.24) is 0 Å². The van der Waals surface area contributed by atoms with Gasteiger partial charge in [0.2, 0.25) is 0 Å². The van der Waals surface area contributed by atoms with Gasteiger partial charge in [-0.05, 0) is 18.9 Å². The van der Waals surface area contributed by atoms with Crippen LogP contribution in [0.25, 0.3) is 0 Å². The Hall–Kier alpha value is -0.660. The average Bonchev–Trinajstić information content (AvgIpc) is 2.55. The van der Waals surface area contributed by atoms with Crippen LogP contribution in [0.1, 0.15) is 103 Å². The molecule has 0 atom stereocenters. The molecule has 2 heteroatoms. The Morgan fingerprint density at radius 1 is 0.591 bits per heavy atom. The summed E-state index contributed by atoms with van der Waals surface area (Å²) >= 11 is 0. The SMILES string of the molecule is CCCCCCCCCCCCCCCCC=C(OC)OC. The predicted octanol–water partition coefficient (Wildman–Crippen LogP) is 6.99. The molecule has 0 aromatic heterocycles. The third-order valence-electron chi connectivity index (χ3n) is 4.27. The standard InChI is InChI=1S/C20H40O2/c1-4-5-6-7-8-9-10-11-12-13-14-15-16-17-18-19-20(21-2)22-3/h19H,4-18H2,1-3H3. The van der Waals surface area contributed by atoms with Gasteiger partial charge in [0.25, 0.3) is 5.95 Å². The van der Waals surface area contributed by atoms with Crippen LogP contribution in [0.15, 0.2) is 12.0 Å². The number of unbranched alkanes of at least 4 members (excludes halogenated alkanes) is 14. The van der Waals surface area contributed by atoms with E-state index in [4.69, 9.17) is 9.47 Å². The second kappa shape index (κ2) is 18.4. The van der Waals surface area contributed by atoms with Crippen LogP contribution in [0.5, 0.6) is 0 Å². The highest BCUT2D eigenvalue weighted by Gasteiger charge is 1.95. The number of ether oxygens (including phenoxy) is 2. The van der Waals surface area contributed by atoms with Gasteiger partial charge < -0.3 is 9.47 Å². The molecule has 0 rings (SSSR count). The monoisotopic (exact) mass is 312 g/mol. The summed E-state index contributed by atoms with van der Waals surface area (Å²) < 4.78 is 10.1. The first-order valence-corrected chi connectivity index (χ1v) is 9.63. The Balaban J connectivity index is 3.10. The van der Waals surface area contributed by atoms with E-state index in [0.717, 1.165) is 6.42 Å². The normalized spacial score (nSPS) is 10.5. The van der Waals surface area contributed by atoms with Gasteiger partial charge in [-0.3, -0.25) is 0 Å². The molecule has 0 N–H and O–H groups in total. The molecule has 0 amide bonds. The van der Waals surface area contributed by atoms with Crippen LogP contribution in [0.3, 0.4) is 0 Å². The van der Waals surface area contributed by atoms with Gasteiger partial charge in [0.05, 0.1) is 14.2 Å². The first-order valence-electron chi connectivity index (χ1n) is 9.63. The summed E-state index contributed by atoms with van der Waals surface area (Å²) in [6, 6.07) is 0. The van der Waals surface area contributed by atoms with Crippen molar-refractivity contribution in [1.29, 1.82) is 0 Å².